The first-order chi connectivity index (χ1) is 10.3. The Morgan fingerprint density at radius 3 is 2.52 bits per heavy atom. The molecule has 0 saturated heterocycles. The van der Waals surface area contributed by atoms with Crippen molar-refractivity contribution in [3.63, 3.8) is 0 Å². The van der Waals surface area contributed by atoms with Crippen LogP contribution in [0.1, 0.15) is 19.0 Å². The van der Waals surface area contributed by atoms with Gasteiger partial charge in [0.05, 0.1) is 0 Å². The van der Waals surface area contributed by atoms with E-state index in [1.165, 1.54) is 10.8 Å². The molecular formula is C18H19N3. The van der Waals surface area contributed by atoms with Crippen molar-refractivity contribution >= 4 is 16.6 Å². The van der Waals surface area contributed by atoms with E-state index in [1.807, 2.05) is 13.1 Å². The molecule has 0 aliphatic heterocycles. The number of hydrogen-bond donors (Lipinski definition) is 1. The van der Waals surface area contributed by atoms with Crippen molar-refractivity contribution in [2.75, 3.05) is 12.4 Å². The van der Waals surface area contributed by atoms with E-state index in [4.69, 9.17) is 4.98 Å². The lowest BCUT2D eigenvalue weighted by Gasteiger charge is -2.08. The number of aromatic nitrogens is 2. The maximum Gasteiger partial charge on any atom is 0.161 e. The minimum Gasteiger partial charge on any atom is -0.373 e. The molecule has 3 nitrogen and oxygen atoms in total. The minimum absolute atomic E-state index is 0.788. The Morgan fingerprint density at radius 1 is 0.952 bits per heavy atom. The third kappa shape index (κ3) is 2.87. The Labute approximate surface area is 125 Å². The van der Waals surface area contributed by atoms with E-state index < -0.39 is 0 Å². The molecule has 0 aliphatic rings. The minimum atomic E-state index is 0.788. The lowest BCUT2D eigenvalue weighted by Crippen LogP contribution is -2.00. The first-order valence-corrected chi connectivity index (χ1v) is 7.35. The molecule has 3 aromatic rings. The van der Waals surface area contributed by atoms with Crippen molar-refractivity contribution in [2.24, 2.45) is 0 Å². The molecule has 0 amide bonds. The number of nitrogens with zero attached hydrogens (tertiary/aromatic N) is 2. The van der Waals surface area contributed by atoms with Crippen LogP contribution in [0.5, 0.6) is 0 Å². The summed E-state index contributed by atoms with van der Waals surface area (Å²) < 4.78 is 0. The summed E-state index contributed by atoms with van der Waals surface area (Å²) in [5.41, 5.74) is 2.14. The molecule has 0 unspecified atom stereocenters. The summed E-state index contributed by atoms with van der Waals surface area (Å²) in [7, 11) is 1.89. The third-order valence-corrected chi connectivity index (χ3v) is 3.55. The van der Waals surface area contributed by atoms with Crippen LogP contribution in [0, 0.1) is 0 Å². The van der Waals surface area contributed by atoms with Crippen LogP contribution in [-0.4, -0.2) is 17.0 Å². The Kier molecular flexibility index (Phi) is 3.82. The molecule has 3 heteroatoms. The fourth-order valence-electron chi connectivity index (χ4n) is 2.47. The molecular weight excluding hydrogens is 258 g/mol. The predicted molar refractivity (Wildman–Crippen MR) is 88.5 cm³/mol. The van der Waals surface area contributed by atoms with Gasteiger partial charge in [0, 0.05) is 24.4 Å². The third-order valence-electron chi connectivity index (χ3n) is 3.55. The molecule has 0 fully saturated rings. The van der Waals surface area contributed by atoms with Crippen LogP contribution >= 0.6 is 0 Å². The van der Waals surface area contributed by atoms with Gasteiger partial charge in [0.25, 0.3) is 0 Å². The second kappa shape index (κ2) is 5.92. The number of rotatable bonds is 4. The van der Waals surface area contributed by atoms with Crippen LogP contribution in [0.3, 0.4) is 0 Å². The van der Waals surface area contributed by atoms with Gasteiger partial charge in [-0.05, 0) is 23.3 Å². The quantitative estimate of drug-likeness (QED) is 0.773. The van der Waals surface area contributed by atoms with Crippen LogP contribution < -0.4 is 5.32 Å². The van der Waals surface area contributed by atoms with Gasteiger partial charge in [-0.25, -0.2) is 9.97 Å². The second-order valence-corrected chi connectivity index (χ2v) is 5.13. The number of fused-ring (bicyclic) bond motifs is 1. The zero-order chi connectivity index (χ0) is 14.7. The first-order valence-electron chi connectivity index (χ1n) is 7.35. The maximum atomic E-state index is 4.70. The molecule has 21 heavy (non-hydrogen) atoms. The molecule has 0 radical (unpaired) electrons. The zero-order valence-electron chi connectivity index (χ0n) is 12.4. The van der Waals surface area contributed by atoms with E-state index in [0.717, 1.165) is 35.7 Å². The highest BCUT2D eigenvalue weighted by molar-refractivity contribution is 5.86. The Balaban J connectivity index is 2.10. The van der Waals surface area contributed by atoms with Crippen molar-refractivity contribution in [1.29, 1.82) is 0 Å². The van der Waals surface area contributed by atoms with Gasteiger partial charge in [0.2, 0.25) is 0 Å². The highest BCUT2D eigenvalue weighted by atomic mass is 15.0. The molecule has 106 valence electrons. The van der Waals surface area contributed by atoms with Gasteiger partial charge in [-0.3, -0.25) is 0 Å². The normalized spacial score (nSPS) is 10.8. The first kappa shape index (κ1) is 13.6. The van der Waals surface area contributed by atoms with Crippen LogP contribution in [-0.2, 0) is 6.42 Å². The van der Waals surface area contributed by atoms with Crippen molar-refractivity contribution in [3.05, 3.63) is 54.2 Å². The van der Waals surface area contributed by atoms with Crippen LogP contribution in [0.15, 0.2) is 48.5 Å². The number of anilines is 1. The monoisotopic (exact) mass is 277 g/mol. The van der Waals surface area contributed by atoms with Gasteiger partial charge in [-0.15, -0.1) is 0 Å². The number of aryl methyl sites for hydroxylation is 1. The van der Waals surface area contributed by atoms with E-state index in [1.54, 1.807) is 0 Å². The molecule has 3 rings (SSSR count). The Hall–Kier alpha value is -2.42. The summed E-state index contributed by atoms with van der Waals surface area (Å²) in [5.74, 6) is 1.66. The van der Waals surface area contributed by atoms with Crippen molar-refractivity contribution < 1.29 is 0 Å². The van der Waals surface area contributed by atoms with E-state index in [-0.39, 0.29) is 0 Å². The molecule has 0 saturated carbocycles. The smallest absolute Gasteiger partial charge is 0.161 e. The van der Waals surface area contributed by atoms with Crippen molar-refractivity contribution in [2.45, 2.75) is 19.8 Å². The molecule has 1 heterocycles. The lowest BCUT2D eigenvalue weighted by atomic mass is 10.1. The molecule has 0 bridgehead atoms. The SMILES string of the molecule is CCCc1cc(NC)nc(-c2ccc3ccccc3c2)n1. The van der Waals surface area contributed by atoms with E-state index in [9.17, 15) is 0 Å². The largest absolute Gasteiger partial charge is 0.373 e. The predicted octanol–water partition coefficient (Wildman–Crippen LogP) is 4.29. The maximum absolute atomic E-state index is 4.70. The highest BCUT2D eigenvalue weighted by Gasteiger charge is 2.07. The van der Waals surface area contributed by atoms with E-state index >= 15 is 0 Å². The summed E-state index contributed by atoms with van der Waals surface area (Å²) in [6, 6.07) is 16.7. The fraction of sp³-hybridized carbons (Fsp3) is 0.222. The van der Waals surface area contributed by atoms with Crippen molar-refractivity contribution in [3.8, 4) is 11.4 Å². The van der Waals surface area contributed by atoms with Gasteiger partial charge >= 0.3 is 0 Å². The Bertz CT molecular complexity index is 765. The van der Waals surface area contributed by atoms with Gasteiger partial charge in [-0.1, -0.05) is 49.7 Å². The zero-order valence-corrected chi connectivity index (χ0v) is 12.4. The van der Waals surface area contributed by atoms with Gasteiger partial charge in [-0.2, -0.15) is 0 Å². The van der Waals surface area contributed by atoms with E-state index in [2.05, 4.69) is 59.7 Å². The van der Waals surface area contributed by atoms with Crippen LogP contribution in [0.2, 0.25) is 0 Å². The topological polar surface area (TPSA) is 37.8 Å². The van der Waals surface area contributed by atoms with Gasteiger partial charge in [0.15, 0.2) is 5.82 Å². The van der Waals surface area contributed by atoms with Crippen LogP contribution in [0.25, 0.3) is 22.2 Å². The fourth-order valence-corrected chi connectivity index (χ4v) is 2.47. The summed E-state index contributed by atoms with van der Waals surface area (Å²) in [6.07, 6.45) is 2.05. The van der Waals surface area contributed by atoms with E-state index in [0.29, 0.717) is 0 Å². The standard InChI is InChI=1S/C18H19N3/c1-3-6-16-12-17(19-2)21-18(20-16)15-10-9-13-7-4-5-8-14(13)11-15/h4-5,7-12H,3,6H2,1-2H3,(H,19,20,21). The molecule has 1 aromatic heterocycles. The lowest BCUT2D eigenvalue weighted by molar-refractivity contribution is 0.876. The van der Waals surface area contributed by atoms with Crippen LogP contribution in [0.4, 0.5) is 5.82 Å². The summed E-state index contributed by atoms with van der Waals surface area (Å²) >= 11 is 0. The molecule has 0 spiro atoms. The average Bonchev–Trinajstić information content (AvgIpc) is 2.54. The van der Waals surface area contributed by atoms with Gasteiger partial charge in [0.1, 0.15) is 5.82 Å². The number of nitrogens with one attached hydrogen (secondary N) is 1. The molecule has 2 aromatic carbocycles. The van der Waals surface area contributed by atoms with Gasteiger partial charge < -0.3 is 5.32 Å². The molecule has 1 N–H and O–H groups in total. The number of benzene rings is 2. The molecule has 0 aliphatic carbocycles. The highest BCUT2D eigenvalue weighted by Crippen LogP contribution is 2.23. The summed E-state index contributed by atoms with van der Waals surface area (Å²) in [4.78, 5) is 9.29. The summed E-state index contributed by atoms with van der Waals surface area (Å²) in [5, 5.41) is 5.57. The average molecular weight is 277 g/mol. The Morgan fingerprint density at radius 2 is 1.76 bits per heavy atom. The summed E-state index contributed by atoms with van der Waals surface area (Å²) in [6.45, 7) is 2.16. The van der Waals surface area contributed by atoms with Crippen molar-refractivity contribution in [1.82, 2.24) is 9.97 Å². The second-order valence-electron chi connectivity index (χ2n) is 5.13. The molecule has 0 atom stereocenters. The number of hydrogen-bond acceptors (Lipinski definition) is 3.